The number of nitrogens with zero attached hydrogens (tertiary/aromatic N) is 1. The molecule has 0 fully saturated rings. The van der Waals surface area contributed by atoms with E-state index < -0.39 is 0 Å². The second-order valence-corrected chi connectivity index (χ2v) is 4.12. The van der Waals surface area contributed by atoms with E-state index in [-0.39, 0.29) is 6.04 Å². The SMILES string of the molecule is C=CCC(CC#N)NC(CC)c1ccccc1. The van der Waals surface area contributed by atoms with Crippen LogP contribution in [-0.2, 0) is 0 Å². The van der Waals surface area contributed by atoms with Crippen molar-refractivity contribution in [2.75, 3.05) is 0 Å². The predicted molar refractivity (Wildman–Crippen MR) is 71.4 cm³/mol. The van der Waals surface area contributed by atoms with Gasteiger partial charge in [-0.25, -0.2) is 0 Å². The first-order valence-electron chi connectivity index (χ1n) is 6.10. The lowest BCUT2D eigenvalue weighted by Crippen LogP contribution is -2.32. The van der Waals surface area contributed by atoms with Crippen molar-refractivity contribution >= 4 is 0 Å². The molecule has 1 aromatic rings. The lowest BCUT2D eigenvalue weighted by Gasteiger charge is -2.23. The Bertz CT molecular complexity index is 364. The fourth-order valence-corrected chi connectivity index (χ4v) is 1.94. The fraction of sp³-hybridized carbons (Fsp3) is 0.400. The molecule has 0 aromatic heterocycles. The molecule has 1 aromatic carbocycles. The van der Waals surface area contributed by atoms with Gasteiger partial charge in [0.2, 0.25) is 0 Å². The molecule has 0 aliphatic rings. The molecule has 0 heterocycles. The van der Waals surface area contributed by atoms with Crippen LogP contribution >= 0.6 is 0 Å². The Morgan fingerprint density at radius 2 is 2.12 bits per heavy atom. The summed E-state index contributed by atoms with van der Waals surface area (Å²) in [5.74, 6) is 0. The van der Waals surface area contributed by atoms with Gasteiger partial charge >= 0.3 is 0 Å². The van der Waals surface area contributed by atoms with Gasteiger partial charge in [0.15, 0.2) is 0 Å². The third-order valence-electron chi connectivity index (χ3n) is 2.84. The van der Waals surface area contributed by atoms with E-state index >= 15 is 0 Å². The summed E-state index contributed by atoms with van der Waals surface area (Å²) < 4.78 is 0. The first-order chi connectivity index (χ1) is 8.31. The van der Waals surface area contributed by atoms with E-state index in [1.165, 1.54) is 5.56 Å². The summed E-state index contributed by atoms with van der Waals surface area (Å²) in [6.45, 7) is 5.89. The largest absolute Gasteiger partial charge is 0.306 e. The number of nitriles is 1. The molecular formula is C15H20N2. The van der Waals surface area contributed by atoms with Crippen molar-refractivity contribution in [3.63, 3.8) is 0 Å². The fourth-order valence-electron chi connectivity index (χ4n) is 1.94. The summed E-state index contributed by atoms with van der Waals surface area (Å²) in [4.78, 5) is 0. The van der Waals surface area contributed by atoms with Crippen LogP contribution in [0.25, 0.3) is 0 Å². The highest BCUT2D eigenvalue weighted by atomic mass is 14.9. The molecule has 0 amide bonds. The molecule has 0 saturated carbocycles. The van der Waals surface area contributed by atoms with E-state index in [1.54, 1.807) is 0 Å². The van der Waals surface area contributed by atoms with Gasteiger partial charge in [-0.1, -0.05) is 43.3 Å². The van der Waals surface area contributed by atoms with Crippen LogP contribution in [0.2, 0.25) is 0 Å². The van der Waals surface area contributed by atoms with Crippen LogP contribution in [0.3, 0.4) is 0 Å². The molecule has 0 saturated heterocycles. The standard InChI is InChI=1S/C15H20N2/c1-3-8-14(11-12-16)17-15(4-2)13-9-6-5-7-10-13/h3,5-7,9-10,14-15,17H,1,4,8,11H2,2H3. The summed E-state index contributed by atoms with van der Waals surface area (Å²) in [7, 11) is 0. The van der Waals surface area contributed by atoms with Gasteiger partial charge in [0, 0.05) is 12.1 Å². The number of hydrogen-bond donors (Lipinski definition) is 1. The average molecular weight is 228 g/mol. The second-order valence-electron chi connectivity index (χ2n) is 4.12. The first-order valence-corrected chi connectivity index (χ1v) is 6.10. The molecular weight excluding hydrogens is 208 g/mol. The van der Waals surface area contributed by atoms with Gasteiger partial charge in [0.1, 0.15) is 0 Å². The van der Waals surface area contributed by atoms with E-state index in [2.05, 4.69) is 37.0 Å². The van der Waals surface area contributed by atoms with Crippen molar-refractivity contribution in [3.05, 3.63) is 48.6 Å². The normalized spacial score (nSPS) is 13.6. The zero-order valence-corrected chi connectivity index (χ0v) is 10.4. The Labute approximate surface area is 104 Å². The van der Waals surface area contributed by atoms with Crippen molar-refractivity contribution in [1.29, 1.82) is 5.26 Å². The van der Waals surface area contributed by atoms with Gasteiger partial charge in [-0.3, -0.25) is 0 Å². The number of hydrogen-bond acceptors (Lipinski definition) is 2. The van der Waals surface area contributed by atoms with E-state index in [1.807, 2.05) is 24.3 Å². The van der Waals surface area contributed by atoms with Gasteiger partial charge in [0.25, 0.3) is 0 Å². The molecule has 1 rings (SSSR count). The topological polar surface area (TPSA) is 35.8 Å². The Hall–Kier alpha value is -1.59. The number of nitrogens with one attached hydrogen (secondary N) is 1. The van der Waals surface area contributed by atoms with Crippen molar-refractivity contribution in [2.45, 2.75) is 38.3 Å². The van der Waals surface area contributed by atoms with Gasteiger partial charge in [-0.15, -0.1) is 6.58 Å². The second kappa shape index (κ2) is 7.65. The zero-order chi connectivity index (χ0) is 12.5. The average Bonchev–Trinajstić information content (AvgIpc) is 2.37. The maximum atomic E-state index is 8.80. The minimum Gasteiger partial charge on any atom is -0.306 e. The van der Waals surface area contributed by atoms with Gasteiger partial charge in [0.05, 0.1) is 12.5 Å². The molecule has 1 N–H and O–H groups in total. The Morgan fingerprint density at radius 3 is 2.65 bits per heavy atom. The maximum Gasteiger partial charge on any atom is 0.0638 e. The summed E-state index contributed by atoms with van der Waals surface area (Å²) in [6.07, 6.45) is 4.24. The Kier molecular flexibility index (Phi) is 6.06. The van der Waals surface area contributed by atoms with Crippen LogP contribution in [0, 0.1) is 11.3 Å². The summed E-state index contributed by atoms with van der Waals surface area (Å²) >= 11 is 0. The molecule has 17 heavy (non-hydrogen) atoms. The molecule has 2 atom stereocenters. The van der Waals surface area contributed by atoms with Gasteiger partial charge in [-0.05, 0) is 18.4 Å². The number of benzene rings is 1. The quantitative estimate of drug-likeness (QED) is 0.724. The Balaban J connectivity index is 2.68. The molecule has 2 unspecified atom stereocenters. The Morgan fingerprint density at radius 1 is 1.41 bits per heavy atom. The van der Waals surface area contributed by atoms with Crippen LogP contribution in [0.4, 0.5) is 0 Å². The molecule has 0 aliphatic heterocycles. The third-order valence-corrected chi connectivity index (χ3v) is 2.84. The van der Waals surface area contributed by atoms with Crippen LogP contribution in [-0.4, -0.2) is 6.04 Å². The van der Waals surface area contributed by atoms with Crippen LogP contribution < -0.4 is 5.32 Å². The van der Waals surface area contributed by atoms with Crippen molar-refractivity contribution in [2.24, 2.45) is 0 Å². The summed E-state index contributed by atoms with van der Waals surface area (Å²) in [5, 5.41) is 12.3. The van der Waals surface area contributed by atoms with Crippen molar-refractivity contribution in [3.8, 4) is 6.07 Å². The molecule has 0 spiro atoms. The van der Waals surface area contributed by atoms with Gasteiger partial charge in [-0.2, -0.15) is 5.26 Å². The molecule has 0 radical (unpaired) electrons. The van der Waals surface area contributed by atoms with Crippen LogP contribution in [0.5, 0.6) is 0 Å². The zero-order valence-electron chi connectivity index (χ0n) is 10.4. The molecule has 2 heteroatoms. The van der Waals surface area contributed by atoms with E-state index in [0.717, 1.165) is 12.8 Å². The monoisotopic (exact) mass is 228 g/mol. The highest BCUT2D eigenvalue weighted by Crippen LogP contribution is 2.18. The van der Waals surface area contributed by atoms with Crippen molar-refractivity contribution < 1.29 is 0 Å². The number of rotatable bonds is 7. The predicted octanol–water partition coefficient (Wildman–Crippen LogP) is 3.59. The molecule has 2 nitrogen and oxygen atoms in total. The smallest absolute Gasteiger partial charge is 0.0638 e. The summed E-state index contributed by atoms with van der Waals surface area (Å²) in [6, 6.07) is 13.1. The van der Waals surface area contributed by atoms with Crippen LogP contribution in [0.1, 0.15) is 37.8 Å². The third kappa shape index (κ3) is 4.42. The van der Waals surface area contributed by atoms with E-state index in [0.29, 0.717) is 12.5 Å². The summed E-state index contributed by atoms with van der Waals surface area (Å²) in [5.41, 5.74) is 1.28. The van der Waals surface area contributed by atoms with Crippen LogP contribution in [0.15, 0.2) is 43.0 Å². The minimum atomic E-state index is 0.197. The maximum absolute atomic E-state index is 8.80. The first kappa shape index (κ1) is 13.5. The van der Waals surface area contributed by atoms with E-state index in [9.17, 15) is 0 Å². The molecule has 0 aliphatic carbocycles. The highest BCUT2D eigenvalue weighted by molar-refractivity contribution is 5.19. The lowest BCUT2D eigenvalue weighted by molar-refractivity contribution is 0.430. The van der Waals surface area contributed by atoms with Crippen molar-refractivity contribution in [1.82, 2.24) is 5.32 Å². The highest BCUT2D eigenvalue weighted by Gasteiger charge is 2.14. The lowest BCUT2D eigenvalue weighted by atomic mass is 10.0. The molecule has 0 bridgehead atoms. The van der Waals surface area contributed by atoms with E-state index in [4.69, 9.17) is 5.26 Å². The van der Waals surface area contributed by atoms with Gasteiger partial charge < -0.3 is 5.32 Å². The molecule has 90 valence electrons. The minimum absolute atomic E-state index is 0.197.